The van der Waals surface area contributed by atoms with E-state index in [0.717, 1.165) is 0 Å². The average Bonchev–Trinajstić information content (AvgIpc) is 2.68. The maximum absolute atomic E-state index is 10.9. The van der Waals surface area contributed by atoms with Crippen molar-refractivity contribution in [1.29, 1.82) is 0 Å². The van der Waals surface area contributed by atoms with Gasteiger partial charge in [-0.1, -0.05) is 12.1 Å². The molecule has 0 bridgehead atoms. The summed E-state index contributed by atoms with van der Waals surface area (Å²) in [6, 6.07) is 6.84. The molecule has 8 heteroatoms. The number of carbonyl (C=O) groups excluding carboxylic acids is 2. The van der Waals surface area contributed by atoms with Gasteiger partial charge >= 0.3 is 59.1 Å². The van der Waals surface area contributed by atoms with Crippen LogP contribution in [0.3, 0.4) is 0 Å². The molecule has 0 saturated heterocycles. The van der Waals surface area contributed by atoms with E-state index in [1.165, 1.54) is 0 Å². The standard InChI is InChI=1S/C11H9NO4S.2Na/c13-9(17)5-6(11(14)15)10-12-7-3-1-2-4-8(7)16-10;;/h1-4,6H,5H2,(H,13,17)(H,14,15);;/q;2*+1/p-2. The van der Waals surface area contributed by atoms with E-state index in [2.05, 4.69) is 17.6 Å². The fourth-order valence-electron chi connectivity index (χ4n) is 1.48. The zero-order valence-electron chi connectivity index (χ0n) is 10.6. The van der Waals surface area contributed by atoms with E-state index in [1.807, 2.05) is 0 Å². The van der Waals surface area contributed by atoms with Crippen LogP contribution in [-0.4, -0.2) is 16.1 Å². The van der Waals surface area contributed by atoms with Crippen molar-refractivity contribution in [1.82, 2.24) is 4.98 Å². The van der Waals surface area contributed by atoms with Crippen LogP contribution in [0.5, 0.6) is 0 Å². The van der Waals surface area contributed by atoms with Crippen molar-refractivity contribution in [2.24, 2.45) is 0 Å². The largest absolute Gasteiger partial charge is 1.00 e. The van der Waals surface area contributed by atoms with Crippen molar-refractivity contribution < 1.29 is 78.2 Å². The van der Waals surface area contributed by atoms with Gasteiger partial charge in [-0.15, -0.1) is 0 Å². The molecule has 0 spiro atoms. The molecule has 0 N–H and O–H groups in total. The summed E-state index contributed by atoms with van der Waals surface area (Å²) in [4.78, 5) is 25.7. The average molecular weight is 295 g/mol. The van der Waals surface area contributed by atoms with Crippen LogP contribution in [0.1, 0.15) is 18.2 Å². The predicted octanol–water partition coefficient (Wildman–Crippen LogP) is -5.87. The Hall–Kier alpha value is 0.0500. The van der Waals surface area contributed by atoms with Gasteiger partial charge in [0.1, 0.15) is 5.52 Å². The molecule has 0 fully saturated rings. The fourth-order valence-corrected chi connectivity index (χ4v) is 1.64. The molecule has 0 radical (unpaired) electrons. The molecule has 0 aliphatic heterocycles. The maximum Gasteiger partial charge on any atom is 1.00 e. The number of hydrogen-bond donors (Lipinski definition) is 0. The number of carbonyl (C=O) groups is 2. The zero-order chi connectivity index (χ0) is 12.4. The van der Waals surface area contributed by atoms with Gasteiger partial charge in [-0.05, 0) is 12.1 Å². The number of nitrogens with zero attached hydrogens (tertiary/aromatic N) is 1. The van der Waals surface area contributed by atoms with Gasteiger partial charge in [-0.25, -0.2) is 4.98 Å². The number of carboxylic acids is 1. The molecule has 1 aromatic heterocycles. The van der Waals surface area contributed by atoms with Crippen molar-refractivity contribution in [3.8, 4) is 0 Å². The van der Waals surface area contributed by atoms with Crippen LogP contribution in [-0.2, 0) is 22.2 Å². The van der Waals surface area contributed by atoms with E-state index in [9.17, 15) is 14.7 Å². The van der Waals surface area contributed by atoms with Crippen molar-refractivity contribution >= 4 is 34.8 Å². The number of aliphatic carboxylic acids is 1. The van der Waals surface area contributed by atoms with E-state index >= 15 is 0 Å². The third-order valence-corrected chi connectivity index (χ3v) is 2.43. The summed E-state index contributed by atoms with van der Waals surface area (Å²) in [5, 5.41) is 10.2. The molecule has 0 saturated carbocycles. The number of benzene rings is 1. The summed E-state index contributed by atoms with van der Waals surface area (Å²) in [7, 11) is 0. The van der Waals surface area contributed by atoms with Crippen LogP contribution in [0.15, 0.2) is 28.7 Å². The Labute approximate surface area is 159 Å². The Bertz CT molecular complexity index is 554. The third kappa shape index (κ3) is 4.82. The number of rotatable bonds is 4. The van der Waals surface area contributed by atoms with E-state index in [1.54, 1.807) is 24.3 Å². The summed E-state index contributed by atoms with van der Waals surface area (Å²) in [6.07, 6.45) is -0.357. The second-order valence-corrected chi connectivity index (χ2v) is 3.92. The molecule has 1 atom stereocenters. The molecular weight excluding hydrogens is 288 g/mol. The number of aromatic nitrogens is 1. The summed E-state index contributed by atoms with van der Waals surface area (Å²) in [5.74, 6) is -2.70. The monoisotopic (exact) mass is 295 g/mol. The molecule has 0 aliphatic carbocycles. The first kappa shape index (κ1) is 19.1. The zero-order valence-corrected chi connectivity index (χ0v) is 15.4. The number of hydrogen-bond acceptors (Lipinski definition) is 6. The molecule has 1 aromatic carbocycles. The number of para-hydroxylation sites is 2. The van der Waals surface area contributed by atoms with Gasteiger partial charge in [-0.2, -0.15) is 0 Å². The first-order valence-electron chi connectivity index (χ1n) is 4.84. The molecule has 19 heavy (non-hydrogen) atoms. The molecule has 1 unspecified atom stereocenters. The molecule has 2 rings (SSSR count). The molecule has 0 amide bonds. The van der Waals surface area contributed by atoms with Crippen molar-refractivity contribution in [3.05, 3.63) is 30.2 Å². The summed E-state index contributed by atoms with van der Waals surface area (Å²) in [6.45, 7) is 0. The van der Waals surface area contributed by atoms with E-state index in [0.29, 0.717) is 11.1 Å². The first-order valence-corrected chi connectivity index (χ1v) is 5.25. The second-order valence-electron chi connectivity index (χ2n) is 3.47. The maximum atomic E-state index is 10.9. The van der Waals surface area contributed by atoms with Crippen LogP contribution in [0, 0.1) is 0 Å². The summed E-state index contributed by atoms with van der Waals surface area (Å²) in [5.41, 5.74) is 0.996. The van der Waals surface area contributed by atoms with Crippen molar-refractivity contribution in [2.45, 2.75) is 12.3 Å². The Balaban J connectivity index is 0.00000162. The molecule has 5 nitrogen and oxygen atoms in total. The van der Waals surface area contributed by atoms with Gasteiger partial charge in [0.25, 0.3) is 0 Å². The van der Waals surface area contributed by atoms with E-state index < -0.39 is 17.0 Å². The van der Waals surface area contributed by atoms with Gasteiger partial charge in [-0.3, -0.25) is 0 Å². The quantitative estimate of drug-likeness (QED) is 0.413. The van der Waals surface area contributed by atoms with Crippen LogP contribution in [0.25, 0.3) is 11.1 Å². The van der Waals surface area contributed by atoms with Crippen molar-refractivity contribution in [3.63, 3.8) is 0 Å². The minimum absolute atomic E-state index is 0. The van der Waals surface area contributed by atoms with Gasteiger partial charge in [0.05, 0.1) is 11.9 Å². The van der Waals surface area contributed by atoms with Gasteiger partial charge in [0.15, 0.2) is 5.58 Å². The minimum Gasteiger partial charge on any atom is -0.742 e. The molecule has 88 valence electrons. The molecule has 2 aromatic rings. The van der Waals surface area contributed by atoms with Gasteiger partial charge < -0.3 is 31.7 Å². The number of fused-ring (bicyclic) bond motifs is 1. The molecule has 1 heterocycles. The molecule has 0 aliphatic rings. The Kier molecular flexibility index (Phi) is 8.38. The third-order valence-electron chi connectivity index (χ3n) is 2.26. The van der Waals surface area contributed by atoms with E-state index in [-0.39, 0.29) is 71.4 Å². The van der Waals surface area contributed by atoms with Crippen LogP contribution < -0.4 is 64.2 Å². The molecular formula is C11H7NNa2O4S. The Morgan fingerprint density at radius 1 is 1.32 bits per heavy atom. The van der Waals surface area contributed by atoms with Crippen LogP contribution >= 0.6 is 0 Å². The second kappa shape index (κ2) is 8.36. The van der Waals surface area contributed by atoms with Crippen LogP contribution in [0.2, 0.25) is 0 Å². The predicted molar refractivity (Wildman–Crippen MR) is 58.7 cm³/mol. The topological polar surface area (TPSA) is 83.2 Å². The number of oxazole rings is 1. The van der Waals surface area contributed by atoms with E-state index in [4.69, 9.17) is 4.42 Å². The minimum atomic E-state index is -1.42. The van der Waals surface area contributed by atoms with Gasteiger partial charge in [0, 0.05) is 11.5 Å². The number of carboxylic acid groups (broad SMARTS) is 1. The smallest absolute Gasteiger partial charge is 0.742 e. The van der Waals surface area contributed by atoms with Crippen LogP contribution in [0.4, 0.5) is 0 Å². The summed E-state index contributed by atoms with van der Waals surface area (Å²) < 4.78 is 5.26. The SMILES string of the molecule is O=C([S-])CC(C(=O)[O-])c1nc2ccccc2o1.[Na+].[Na+]. The first-order chi connectivity index (χ1) is 8.08. The Morgan fingerprint density at radius 2 is 1.95 bits per heavy atom. The Morgan fingerprint density at radius 3 is 2.47 bits per heavy atom. The fraction of sp³-hybridized carbons (Fsp3) is 0.182. The summed E-state index contributed by atoms with van der Waals surface area (Å²) >= 11 is 4.36. The normalized spacial score (nSPS) is 11.2. The van der Waals surface area contributed by atoms with Crippen molar-refractivity contribution in [2.75, 3.05) is 0 Å². The van der Waals surface area contributed by atoms with Gasteiger partial charge in [0.2, 0.25) is 5.89 Å².